The molecule has 0 aliphatic heterocycles. The number of imidazole rings is 1. The van der Waals surface area contributed by atoms with E-state index in [4.69, 9.17) is 0 Å². The van der Waals surface area contributed by atoms with Gasteiger partial charge in [-0.2, -0.15) is 5.10 Å². The van der Waals surface area contributed by atoms with Gasteiger partial charge in [-0.25, -0.2) is 4.98 Å². The van der Waals surface area contributed by atoms with Crippen LogP contribution in [-0.4, -0.2) is 25.2 Å². The average Bonchev–Trinajstić information content (AvgIpc) is 3.37. The van der Waals surface area contributed by atoms with Gasteiger partial charge in [0.1, 0.15) is 11.9 Å². The second-order valence-electron chi connectivity index (χ2n) is 6.63. The molecule has 0 saturated heterocycles. The molecule has 2 heterocycles. The molecular weight excluding hydrogens is 350 g/mol. The first kappa shape index (κ1) is 17.7. The molecule has 6 heteroatoms. The molecule has 28 heavy (non-hydrogen) atoms. The van der Waals surface area contributed by atoms with E-state index >= 15 is 0 Å². The van der Waals surface area contributed by atoms with Gasteiger partial charge < -0.3 is 9.88 Å². The van der Waals surface area contributed by atoms with Gasteiger partial charge in [0.2, 0.25) is 0 Å². The van der Waals surface area contributed by atoms with Crippen molar-refractivity contribution in [1.29, 1.82) is 0 Å². The zero-order valence-corrected chi connectivity index (χ0v) is 15.6. The minimum atomic E-state index is -0.342. The van der Waals surface area contributed by atoms with Crippen molar-refractivity contribution in [2.75, 3.05) is 0 Å². The number of rotatable bonds is 6. The Balaban J connectivity index is 1.54. The van der Waals surface area contributed by atoms with Gasteiger partial charge in [-0.15, -0.1) is 0 Å². The maximum absolute atomic E-state index is 12.9. The summed E-state index contributed by atoms with van der Waals surface area (Å²) in [7, 11) is 1.92. The van der Waals surface area contributed by atoms with E-state index in [9.17, 15) is 4.79 Å². The molecule has 0 unspecified atom stereocenters. The van der Waals surface area contributed by atoms with E-state index in [0.717, 1.165) is 17.0 Å². The number of carbonyl (C=O) groups is 1. The molecule has 0 aliphatic carbocycles. The number of aromatic nitrogens is 4. The first-order valence-electron chi connectivity index (χ1n) is 9.10. The summed E-state index contributed by atoms with van der Waals surface area (Å²) >= 11 is 0. The molecule has 0 fully saturated rings. The third-order valence-corrected chi connectivity index (χ3v) is 4.61. The van der Waals surface area contributed by atoms with Crippen LogP contribution in [0.25, 0.3) is 0 Å². The van der Waals surface area contributed by atoms with Gasteiger partial charge in [0, 0.05) is 25.6 Å². The van der Waals surface area contributed by atoms with Crippen molar-refractivity contribution in [2.45, 2.75) is 12.6 Å². The zero-order valence-electron chi connectivity index (χ0n) is 15.6. The Kier molecular flexibility index (Phi) is 5.01. The van der Waals surface area contributed by atoms with E-state index in [0.29, 0.717) is 12.1 Å². The molecule has 0 bridgehead atoms. The summed E-state index contributed by atoms with van der Waals surface area (Å²) in [6.07, 6.45) is 6.96. The smallest absolute Gasteiger partial charge is 0.255 e. The first-order valence-corrected chi connectivity index (χ1v) is 9.10. The Morgan fingerprint density at radius 2 is 1.79 bits per heavy atom. The second-order valence-corrected chi connectivity index (χ2v) is 6.63. The monoisotopic (exact) mass is 371 g/mol. The highest BCUT2D eigenvalue weighted by Gasteiger charge is 2.22. The number of aryl methyl sites for hydroxylation is 1. The standard InChI is InChI=1S/C22H21N5O/c1-26-13-12-23-21(26)20(18-10-6-3-7-11-18)25-22(28)19-14-24-27(16-19)15-17-8-4-2-5-9-17/h2-14,16,20H,15H2,1H3,(H,25,28)/t20-/m1/s1. The summed E-state index contributed by atoms with van der Waals surface area (Å²) in [5.74, 6) is 0.590. The minimum Gasteiger partial charge on any atom is -0.338 e. The highest BCUT2D eigenvalue weighted by molar-refractivity contribution is 5.94. The molecule has 0 spiro atoms. The third-order valence-electron chi connectivity index (χ3n) is 4.61. The zero-order chi connectivity index (χ0) is 19.3. The molecule has 140 valence electrons. The Hall–Kier alpha value is -3.67. The molecule has 1 N–H and O–H groups in total. The predicted octanol–water partition coefficient (Wildman–Crippen LogP) is 3.18. The molecule has 0 saturated carbocycles. The van der Waals surface area contributed by atoms with Crippen molar-refractivity contribution in [3.63, 3.8) is 0 Å². The van der Waals surface area contributed by atoms with E-state index < -0.39 is 0 Å². The number of nitrogens with zero attached hydrogens (tertiary/aromatic N) is 4. The first-order chi connectivity index (χ1) is 13.7. The molecule has 1 amide bonds. The van der Waals surface area contributed by atoms with Crippen LogP contribution < -0.4 is 5.32 Å². The van der Waals surface area contributed by atoms with Crippen LogP contribution >= 0.6 is 0 Å². The van der Waals surface area contributed by atoms with Crippen LogP contribution in [0.1, 0.15) is 33.4 Å². The lowest BCUT2D eigenvalue weighted by atomic mass is 10.1. The molecule has 4 aromatic rings. The average molecular weight is 371 g/mol. The highest BCUT2D eigenvalue weighted by atomic mass is 16.1. The van der Waals surface area contributed by atoms with Crippen molar-refractivity contribution >= 4 is 5.91 Å². The second kappa shape index (κ2) is 7.92. The van der Waals surface area contributed by atoms with Crippen LogP contribution in [0.15, 0.2) is 85.5 Å². The minimum absolute atomic E-state index is 0.184. The molecule has 0 radical (unpaired) electrons. The van der Waals surface area contributed by atoms with E-state index in [1.165, 1.54) is 0 Å². The van der Waals surface area contributed by atoms with Gasteiger partial charge in [0.15, 0.2) is 0 Å². The number of hydrogen-bond acceptors (Lipinski definition) is 3. The Labute approximate surface area is 163 Å². The number of amides is 1. The largest absolute Gasteiger partial charge is 0.338 e. The lowest BCUT2D eigenvalue weighted by Crippen LogP contribution is -2.30. The van der Waals surface area contributed by atoms with Gasteiger partial charge in [0.25, 0.3) is 5.91 Å². The van der Waals surface area contributed by atoms with Gasteiger partial charge >= 0.3 is 0 Å². The summed E-state index contributed by atoms with van der Waals surface area (Å²) in [5.41, 5.74) is 2.63. The molecule has 0 aliphatic rings. The normalized spacial score (nSPS) is 11.9. The van der Waals surface area contributed by atoms with Crippen molar-refractivity contribution in [2.24, 2.45) is 7.05 Å². The quantitative estimate of drug-likeness (QED) is 0.566. The fraction of sp³-hybridized carbons (Fsp3) is 0.136. The van der Waals surface area contributed by atoms with Crippen LogP contribution in [0.4, 0.5) is 0 Å². The molecule has 6 nitrogen and oxygen atoms in total. The van der Waals surface area contributed by atoms with Crippen LogP contribution in [0.3, 0.4) is 0 Å². The Bertz CT molecular complexity index is 1050. The number of benzene rings is 2. The van der Waals surface area contributed by atoms with Crippen LogP contribution in [0.2, 0.25) is 0 Å². The number of hydrogen-bond donors (Lipinski definition) is 1. The lowest BCUT2D eigenvalue weighted by Gasteiger charge is -2.18. The maximum atomic E-state index is 12.9. The summed E-state index contributed by atoms with van der Waals surface area (Å²) in [6, 6.07) is 19.5. The van der Waals surface area contributed by atoms with E-state index in [1.807, 2.05) is 78.5 Å². The highest BCUT2D eigenvalue weighted by Crippen LogP contribution is 2.20. The molecule has 4 rings (SSSR count). The van der Waals surface area contributed by atoms with Gasteiger partial charge in [0.05, 0.1) is 18.3 Å². The molecular formula is C22H21N5O. The fourth-order valence-electron chi connectivity index (χ4n) is 3.15. The van der Waals surface area contributed by atoms with Crippen molar-refractivity contribution in [1.82, 2.24) is 24.6 Å². The van der Waals surface area contributed by atoms with E-state index in [1.54, 1.807) is 23.3 Å². The van der Waals surface area contributed by atoms with Crippen molar-refractivity contribution in [3.05, 3.63) is 108 Å². The lowest BCUT2D eigenvalue weighted by molar-refractivity contribution is 0.0941. The van der Waals surface area contributed by atoms with Crippen molar-refractivity contribution in [3.8, 4) is 0 Å². The third kappa shape index (κ3) is 3.86. The van der Waals surface area contributed by atoms with Crippen LogP contribution in [-0.2, 0) is 13.6 Å². The number of carbonyl (C=O) groups excluding carboxylic acids is 1. The predicted molar refractivity (Wildman–Crippen MR) is 107 cm³/mol. The molecule has 2 aromatic carbocycles. The van der Waals surface area contributed by atoms with Crippen LogP contribution in [0, 0.1) is 0 Å². The Morgan fingerprint density at radius 1 is 1.07 bits per heavy atom. The van der Waals surface area contributed by atoms with Gasteiger partial charge in [-0.3, -0.25) is 9.48 Å². The van der Waals surface area contributed by atoms with E-state index in [-0.39, 0.29) is 11.9 Å². The van der Waals surface area contributed by atoms with Crippen LogP contribution in [0.5, 0.6) is 0 Å². The van der Waals surface area contributed by atoms with Gasteiger partial charge in [-0.05, 0) is 11.1 Å². The molecule has 2 aromatic heterocycles. The summed E-state index contributed by atoms with van der Waals surface area (Å²) in [4.78, 5) is 17.3. The van der Waals surface area contributed by atoms with Crippen molar-refractivity contribution < 1.29 is 4.79 Å². The number of nitrogens with one attached hydrogen (secondary N) is 1. The molecule has 1 atom stereocenters. The summed E-state index contributed by atoms with van der Waals surface area (Å²) in [5, 5.41) is 7.42. The Morgan fingerprint density at radius 3 is 2.46 bits per heavy atom. The summed E-state index contributed by atoms with van der Waals surface area (Å²) < 4.78 is 3.68. The summed E-state index contributed by atoms with van der Waals surface area (Å²) in [6.45, 7) is 0.621. The fourth-order valence-corrected chi connectivity index (χ4v) is 3.15. The SMILES string of the molecule is Cn1ccnc1[C@H](NC(=O)c1cnn(Cc2ccccc2)c1)c1ccccc1. The van der Waals surface area contributed by atoms with E-state index in [2.05, 4.69) is 15.4 Å². The topological polar surface area (TPSA) is 64.7 Å². The van der Waals surface area contributed by atoms with Gasteiger partial charge in [-0.1, -0.05) is 60.7 Å². The maximum Gasteiger partial charge on any atom is 0.255 e.